The van der Waals surface area contributed by atoms with Crippen LogP contribution in [-0.4, -0.2) is 23.1 Å². The second-order valence-electron chi connectivity index (χ2n) is 1.52. The van der Waals surface area contributed by atoms with Gasteiger partial charge in [-0.25, -0.2) is 0 Å². The van der Waals surface area contributed by atoms with Crippen molar-refractivity contribution in [2.75, 3.05) is 0 Å². The first-order chi connectivity index (χ1) is 4.34. The quantitative estimate of drug-likeness (QED) is 0.406. The second-order valence-corrected chi connectivity index (χ2v) is 1.92. The first kappa shape index (κ1) is 13.8. The smallest absolute Gasteiger partial charge is 1.00 e. The molecule has 0 aliphatic rings. The number of halogens is 2. The predicted molar refractivity (Wildman–Crippen MR) is 40.8 cm³/mol. The van der Waals surface area contributed by atoms with Gasteiger partial charge in [0.15, 0.2) is 0 Å². The Bertz CT molecular complexity index is 259. The second kappa shape index (κ2) is 6.93. The maximum Gasteiger partial charge on any atom is 2.00 e. The molecule has 0 amide bonds. The molecule has 0 unspecified atom stereocenters. The van der Waals surface area contributed by atoms with Gasteiger partial charge in [-0.3, -0.25) is 0 Å². The zero-order valence-corrected chi connectivity index (χ0v) is 9.40. The minimum Gasteiger partial charge on any atom is -1.00 e. The van der Waals surface area contributed by atoms with E-state index in [1.54, 1.807) is 18.2 Å². The molecule has 1 aromatic carbocycles. The van der Waals surface area contributed by atoms with Crippen LogP contribution in [-0.2, 0) is 0 Å². The summed E-state index contributed by atoms with van der Waals surface area (Å²) in [4.78, 5) is 0. The minimum atomic E-state index is 0. The van der Waals surface area contributed by atoms with Gasteiger partial charge in [0.05, 0.1) is 6.07 Å². The number of hydrogen-bond acceptors (Lipinski definition) is 1. The molecule has 0 aliphatic carbocycles. The molecule has 0 aliphatic heterocycles. The standard InChI is InChI=1S/C7H3ClN.BrH.Mg/c8-7-4-2-1-3-6(7)5-9;;/h1,3-4H;1H;/q-1;;+2/p-1. The molecule has 0 saturated heterocycles. The van der Waals surface area contributed by atoms with Crippen LogP contribution in [0.25, 0.3) is 0 Å². The van der Waals surface area contributed by atoms with Crippen molar-refractivity contribution in [2.24, 2.45) is 0 Å². The minimum absolute atomic E-state index is 0. The molecule has 11 heavy (non-hydrogen) atoms. The van der Waals surface area contributed by atoms with E-state index in [0.717, 1.165) is 0 Å². The molecule has 1 nitrogen and oxygen atoms in total. The van der Waals surface area contributed by atoms with Gasteiger partial charge in [0.1, 0.15) is 0 Å². The zero-order chi connectivity index (χ0) is 6.69. The third kappa shape index (κ3) is 3.97. The van der Waals surface area contributed by atoms with Crippen LogP contribution >= 0.6 is 11.6 Å². The van der Waals surface area contributed by atoms with Crippen LogP contribution in [0, 0.1) is 17.4 Å². The molecule has 1 aromatic rings. The van der Waals surface area contributed by atoms with Crippen LogP contribution in [0.3, 0.4) is 0 Å². The Hall–Kier alpha value is 0.246. The Morgan fingerprint density at radius 3 is 2.55 bits per heavy atom. The Balaban J connectivity index is 0. The molecule has 0 N–H and O–H groups in total. The Labute approximate surface area is 97.3 Å². The molecular formula is C7H3BrClMgN. The molecule has 0 spiro atoms. The average Bonchev–Trinajstić information content (AvgIpc) is 1.89. The molecule has 0 saturated carbocycles. The average molecular weight is 241 g/mol. The first-order valence-electron chi connectivity index (χ1n) is 2.40. The Morgan fingerprint density at radius 2 is 2.18 bits per heavy atom. The van der Waals surface area contributed by atoms with Gasteiger partial charge in [0, 0.05) is 0 Å². The van der Waals surface area contributed by atoms with Gasteiger partial charge >= 0.3 is 23.1 Å². The molecule has 0 heterocycles. The summed E-state index contributed by atoms with van der Waals surface area (Å²) in [5.41, 5.74) is 0.496. The number of nitrogens with zero attached hydrogens (tertiary/aromatic N) is 1. The van der Waals surface area contributed by atoms with Gasteiger partial charge in [0.2, 0.25) is 0 Å². The Kier molecular flexibility index (Phi) is 8.70. The number of benzene rings is 1. The van der Waals surface area contributed by atoms with E-state index in [-0.39, 0.29) is 40.0 Å². The van der Waals surface area contributed by atoms with Crippen LogP contribution in [0.15, 0.2) is 18.2 Å². The van der Waals surface area contributed by atoms with Crippen molar-refractivity contribution in [3.05, 3.63) is 34.9 Å². The van der Waals surface area contributed by atoms with E-state index < -0.39 is 0 Å². The number of hydrogen-bond donors (Lipinski definition) is 0. The topological polar surface area (TPSA) is 23.8 Å². The normalized spacial score (nSPS) is 6.91. The summed E-state index contributed by atoms with van der Waals surface area (Å²) in [5, 5.41) is 8.83. The summed E-state index contributed by atoms with van der Waals surface area (Å²) in [6, 6.07) is 9.55. The maximum absolute atomic E-state index is 8.37. The van der Waals surface area contributed by atoms with Gasteiger partial charge in [-0.2, -0.15) is 41.1 Å². The van der Waals surface area contributed by atoms with Gasteiger partial charge in [0.25, 0.3) is 0 Å². The van der Waals surface area contributed by atoms with Crippen LogP contribution < -0.4 is 17.0 Å². The monoisotopic (exact) mass is 239 g/mol. The summed E-state index contributed by atoms with van der Waals surface area (Å²) in [5.74, 6) is 0. The van der Waals surface area contributed by atoms with Crippen molar-refractivity contribution in [3.63, 3.8) is 0 Å². The molecule has 1 rings (SSSR count). The van der Waals surface area contributed by atoms with Gasteiger partial charge in [-0.1, -0.05) is 5.02 Å². The number of rotatable bonds is 0. The van der Waals surface area contributed by atoms with Crippen molar-refractivity contribution in [1.82, 2.24) is 0 Å². The third-order valence-electron chi connectivity index (χ3n) is 0.934. The van der Waals surface area contributed by atoms with E-state index in [2.05, 4.69) is 6.07 Å². The van der Waals surface area contributed by atoms with Crippen molar-refractivity contribution < 1.29 is 17.0 Å². The van der Waals surface area contributed by atoms with E-state index in [0.29, 0.717) is 10.6 Å². The summed E-state index contributed by atoms with van der Waals surface area (Å²) >= 11 is 5.57. The molecule has 4 heteroatoms. The SMILES string of the molecule is N#Cc1cc[c-]cc1Cl.[Br-].[Mg+2]. The van der Waals surface area contributed by atoms with E-state index in [1.807, 2.05) is 6.07 Å². The van der Waals surface area contributed by atoms with Gasteiger partial charge in [-0.05, 0) is 5.56 Å². The fraction of sp³-hybridized carbons (Fsp3) is 0. The number of nitriles is 1. The van der Waals surface area contributed by atoms with Gasteiger partial charge < -0.3 is 17.0 Å². The van der Waals surface area contributed by atoms with E-state index in [1.165, 1.54) is 0 Å². The molecule has 52 valence electrons. The summed E-state index contributed by atoms with van der Waals surface area (Å²) in [6.07, 6.45) is 0. The molecule has 0 atom stereocenters. The van der Waals surface area contributed by atoms with Crippen LogP contribution in [0.2, 0.25) is 5.02 Å². The molecule has 0 aromatic heterocycles. The first-order valence-corrected chi connectivity index (χ1v) is 2.78. The van der Waals surface area contributed by atoms with E-state index in [9.17, 15) is 0 Å². The third-order valence-corrected chi connectivity index (χ3v) is 1.25. The maximum atomic E-state index is 8.37. The van der Waals surface area contributed by atoms with Crippen LogP contribution in [0.4, 0.5) is 0 Å². The Morgan fingerprint density at radius 1 is 1.55 bits per heavy atom. The van der Waals surface area contributed by atoms with Crippen molar-refractivity contribution in [1.29, 1.82) is 5.26 Å². The summed E-state index contributed by atoms with van der Waals surface area (Å²) < 4.78 is 0. The van der Waals surface area contributed by atoms with Crippen LogP contribution in [0.5, 0.6) is 0 Å². The van der Waals surface area contributed by atoms with Crippen molar-refractivity contribution in [2.45, 2.75) is 0 Å². The predicted octanol–water partition coefficient (Wildman–Crippen LogP) is -1.36. The molecule has 0 radical (unpaired) electrons. The summed E-state index contributed by atoms with van der Waals surface area (Å²) in [6.45, 7) is 0. The molecule has 0 fully saturated rings. The van der Waals surface area contributed by atoms with Crippen molar-refractivity contribution >= 4 is 34.7 Å². The van der Waals surface area contributed by atoms with Gasteiger partial charge in [-0.15, -0.1) is 0 Å². The zero-order valence-electron chi connectivity index (χ0n) is 5.64. The fourth-order valence-electron chi connectivity index (χ4n) is 0.501. The van der Waals surface area contributed by atoms with E-state index >= 15 is 0 Å². The van der Waals surface area contributed by atoms with Crippen molar-refractivity contribution in [3.8, 4) is 6.07 Å². The van der Waals surface area contributed by atoms with Crippen LogP contribution in [0.1, 0.15) is 5.56 Å². The largest absolute Gasteiger partial charge is 2.00 e. The molecular weight excluding hydrogens is 238 g/mol. The fourth-order valence-corrected chi connectivity index (χ4v) is 0.669. The summed E-state index contributed by atoms with van der Waals surface area (Å²) in [7, 11) is 0. The van der Waals surface area contributed by atoms with E-state index in [4.69, 9.17) is 16.9 Å². The molecule has 0 bridgehead atoms.